The molecule has 0 radical (unpaired) electrons. The molecule has 0 bridgehead atoms. The van der Waals surface area contributed by atoms with Gasteiger partial charge in [0.15, 0.2) is 0 Å². The second-order valence-corrected chi connectivity index (χ2v) is 2.61. The molecule has 0 spiro atoms. The van der Waals surface area contributed by atoms with E-state index in [2.05, 4.69) is 12.6 Å². The van der Waals surface area contributed by atoms with Crippen LogP contribution in [0.1, 0.15) is 11.1 Å². The van der Waals surface area contributed by atoms with Crippen molar-refractivity contribution in [2.75, 3.05) is 0 Å². The summed E-state index contributed by atoms with van der Waals surface area (Å²) in [7, 11) is 0. The van der Waals surface area contributed by atoms with E-state index in [9.17, 15) is 4.79 Å². The smallest absolute Gasteiger partial charge is 0.124 e. The lowest BCUT2D eigenvalue weighted by atomic mass is 10.1. The normalized spacial score (nSPS) is 9.55. The number of hydrogen-bond acceptors (Lipinski definition) is 2. The first kappa shape index (κ1) is 8.34. The zero-order valence-electron chi connectivity index (χ0n) is 6.16. The quantitative estimate of drug-likeness (QED) is 0.535. The first-order valence-corrected chi connectivity index (χ1v) is 4.13. The molecule has 2 heteroatoms. The summed E-state index contributed by atoms with van der Waals surface area (Å²) in [5.41, 5.74) is 2.22. The predicted molar refractivity (Wildman–Crippen MR) is 48.9 cm³/mol. The molecule has 58 valence electrons. The highest BCUT2D eigenvalue weighted by Gasteiger charge is 1.96. The van der Waals surface area contributed by atoms with Crippen molar-refractivity contribution in [1.29, 1.82) is 0 Å². The first-order valence-electron chi connectivity index (χ1n) is 3.49. The van der Waals surface area contributed by atoms with Crippen molar-refractivity contribution < 1.29 is 4.79 Å². The third-order valence-electron chi connectivity index (χ3n) is 1.59. The summed E-state index contributed by atoms with van der Waals surface area (Å²) in [4.78, 5) is 10.2. The van der Waals surface area contributed by atoms with Crippen molar-refractivity contribution in [3.05, 3.63) is 35.4 Å². The van der Waals surface area contributed by atoms with E-state index >= 15 is 0 Å². The van der Waals surface area contributed by atoms with Crippen LogP contribution in [-0.2, 0) is 17.0 Å². The Labute approximate surface area is 71.8 Å². The van der Waals surface area contributed by atoms with Gasteiger partial charge in [-0.25, -0.2) is 0 Å². The molecule has 0 unspecified atom stereocenters. The molecule has 0 amide bonds. The first-order chi connectivity index (χ1) is 5.38. The molecule has 0 saturated carbocycles. The largest absolute Gasteiger partial charge is 0.303 e. The maximum absolute atomic E-state index is 10.2. The highest BCUT2D eigenvalue weighted by molar-refractivity contribution is 7.79. The van der Waals surface area contributed by atoms with Gasteiger partial charge in [-0.3, -0.25) is 0 Å². The topological polar surface area (TPSA) is 17.1 Å². The Balaban J connectivity index is 2.92. The van der Waals surface area contributed by atoms with E-state index in [0.717, 1.165) is 17.4 Å². The fourth-order valence-corrected chi connectivity index (χ4v) is 1.31. The molecule has 11 heavy (non-hydrogen) atoms. The highest BCUT2D eigenvalue weighted by atomic mass is 32.1. The Kier molecular flexibility index (Phi) is 3.17. The molecule has 1 aromatic carbocycles. The van der Waals surface area contributed by atoms with Crippen LogP contribution in [0.4, 0.5) is 0 Å². The third kappa shape index (κ3) is 2.09. The molecule has 0 aromatic heterocycles. The summed E-state index contributed by atoms with van der Waals surface area (Å²) >= 11 is 4.16. The Hall–Kier alpha value is -0.760. The van der Waals surface area contributed by atoms with Gasteiger partial charge in [-0.2, -0.15) is 12.6 Å². The van der Waals surface area contributed by atoms with Crippen molar-refractivity contribution in [3.63, 3.8) is 0 Å². The van der Waals surface area contributed by atoms with E-state index < -0.39 is 0 Å². The number of thiol groups is 1. The molecule has 0 fully saturated rings. The summed E-state index contributed by atoms with van der Waals surface area (Å²) in [6.45, 7) is 0. The molecule has 0 atom stereocenters. The van der Waals surface area contributed by atoms with Gasteiger partial charge in [0, 0.05) is 12.2 Å². The highest BCUT2D eigenvalue weighted by Crippen LogP contribution is 2.10. The van der Waals surface area contributed by atoms with Gasteiger partial charge in [0.1, 0.15) is 6.29 Å². The lowest BCUT2D eigenvalue weighted by molar-refractivity contribution is -0.107. The fraction of sp³-hybridized carbons (Fsp3) is 0.222. The minimum atomic E-state index is 0.497. The number of aldehydes is 1. The number of rotatable bonds is 3. The number of benzene rings is 1. The van der Waals surface area contributed by atoms with Gasteiger partial charge in [-0.15, -0.1) is 0 Å². The van der Waals surface area contributed by atoms with Crippen molar-refractivity contribution in [3.8, 4) is 0 Å². The maximum Gasteiger partial charge on any atom is 0.124 e. The van der Waals surface area contributed by atoms with Gasteiger partial charge in [0.2, 0.25) is 0 Å². The van der Waals surface area contributed by atoms with E-state index in [0.29, 0.717) is 12.2 Å². The van der Waals surface area contributed by atoms with E-state index in [1.165, 1.54) is 0 Å². The molecule has 0 aliphatic rings. The molecule has 0 N–H and O–H groups in total. The maximum atomic E-state index is 10.2. The van der Waals surface area contributed by atoms with Crippen LogP contribution in [0.15, 0.2) is 24.3 Å². The van der Waals surface area contributed by atoms with Crippen LogP contribution in [0.3, 0.4) is 0 Å². The molecular formula is C9H10OS. The molecule has 1 aromatic rings. The third-order valence-corrected chi connectivity index (χ3v) is 1.93. The lowest BCUT2D eigenvalue weighted by Crippen LogP contribution is -1.91. The monoisotopic (exact) mass is 166 g/mol. The Bertz CT molecular complexity index is 245. The molecule has 1 rings (SSSR count). The Morgan fingerprint density at radius 2 is 1.91 bits per heavy atom. The minimum Gasteiger partial charge on any atom is -0.303 e. The number of hydrogen-bond donors (Lipinski definition) is 1. The van der Waals surface area contributed by atoms with Crippen molar-refractivity contribution >= 4 is 18.9 Å². The van der Waals surface area contributed by atoms with E-state index in [1.807, 2.05) is 24.3 Å². The molecule has 0 aliphatic heterocycles. The van der Waals surface area contributed by atoms with Gasteiger partial charge in [-0.1, -0.05) is 24.3 Å². The average molecular weight is 166 g/mol. The van der Waals surface area contributed by atoms with Crippen molar-refractivity contribution in [2.45, 2.75) is 12.2 Å². The molecule has 1 nitrogen and oxygen atoms in total. The number of carbonyl (C=O) groups excluding carboxylic acids is 1. The average Bonchev–Trinajstić information content (AvgIpc) is 2.06. The van der Waals surface area contributed by atoms with E-state index in [-0.39, 0.29) is 0 Å². The summed E-state index contributed by atoms with van der Waals surface area (Å²) < 4.78 is 0. The van der Waals surface area contributed by atoms with Crippen LogP contribution in [-0.4, -0.2) is 6.29 Å². The van der Waals surface area contributed by atoms with Crippen LogP contribution in [0, 0.1) is 0 Å². The summed E-state index contributed by atoms with van der Waals surface area (Å²) in [5, 5.41) is 0. The summed E-state index contributed by atoms with van der Waals surface area (Å²) in [5.74, 6) is 0.698. The second-order valence-electron chi connectivity index (χ2n) is 2.30. The molecule has 0 saturated heterocycles. The van der Waals surface area contributed by atoms with Gasteiger partial charge >= 0.3 is 0 Å². The van der Waals surface area contributed by atoms with Crippen LogP contribution < -0.4 is 0 Å². The number of carbonyl (C=O) groups is 1. The van der Waals surface area contributed by atoms with E-state index in [4.69, 9.17) is 0 Å². The van der Waals surface area contributed by atoms with Crippen LogP contribution in [0.5, 0.6) is 0 Å². The minimum absolute atomic E-state index is 0.497. The van der Waals surface area contributed by atoms with E-state index in [1.54, 1.807) is 0 Å². The van der Waals surface area contributed by atoms with Gasteiger partial charge in [0.05, 0.1) is 0 Å². The summed E-state index contributed by atoms with van der Waals surface area (Å²) in [6.07, 6.45) is 1.42. The standard InChI is InChI=1S/C9H10OS/c10-6-5-8-3-1-2-4-9(8)7-11/h1-4,6,11H,5,7H2. The van der Waals surface area contributed by atoms with Crippen LogP contribution in [0.25, 0.3) is 0 Å². The summed E-state index contributed by atoms with van der Waals surface area (Å²) in [6, 6.07) is 7.84. The Morgan fingerprint density at radius 3 is 2.45 bits per heavy atom. The SMILES string of the molecule is O=CCc1ccccc1CS. The lowest BCUT2D eigenvalue weighted by Gasteiger charge is -2.01. The zero-order chi connectivity index (χ0) is 8.10. The predicted octanol–water partition coefficient (Wildman–Crippen LogP) is 1.86. The van der Waals surface area contributed by atoms with Crippen molar-refractivity contribution in [2.24, 2.45) is 0 Å². The molecular weight excluding hydrogens is 156 g/mol. The van der Waals surface area contributed by atoms with Gasteiger partial charge in [-0.05, 0) is 11.1 Å². The fourth-order valence-electron chi connectivity index (χ4n) is 1.00. The second kappa shape index (κ2) is 4.19. The van der Waals surface area contributed by atoms with Gasteiger partial charge < -0.3 is 4.79 Å². The van der Waals surface area contributed by atoms with Crippen molar-refractivity contribution in [1.82, 2.24) is 0 Å². The Morgan fingerprint density at radius 1 is 1.27 bits per heavy atom. The van der Waals surface area contributed by atoms with Crippen LogP contribution >= 0.6 is 12.6 Å². The van der Waals surface area contributed by atoms with Crippen LogP contribution in [0.2, 0.25) is 0 Å². The zero-order valence-corrected chi connectivity index (χ0v) is 7.05. The molecule has 0 heterocycles. The van der Waals surface area contributed by atoms with Gasteiger partial charge in [0.25, 0.3) is 0 Å². The molecule has 0 aliphatic carbocycles.